The predicted molar refractivity (Wildman–Crippen MR) is 316 cm³/mol. The number of fused-ring (bicyclic) bond motifs is 2. The van der Waals surface area contributed by atoms with Gasteiger partial charge in [0.05, 0.1) is 36.5 Å². The van der Waals surface area contributed by atoms with E-state index in [0.717, 1.165) is 88.0 Å². The van der Waals surface area contributed by atoms with E-state index in [0.29, 0.717) is 44.7 Å². The fraction of sp³-hybridized carbons (Fsp3) is 0.194. The molecule has 16 nitrogen and oxygen atoms in total. The fourth-order valence-corrected chi connectivity index (χ4v) is 11.0. The Kier molecular flexibility index (Phi) is 15.2. The van der Waals surface area contributed by atoms with Crippen molar-refractivity contribution in [2.24, 2.45) is 11.5 Å². The second-order valence-electron chi connectivity index (χ2n) is 20.7. The molecule has 0 aromatic heterocycles. The highest BCUT2D eigenvalue weighted by molar-refractivity contribution is 9.10. The van der Waals surface area contributed by atoms with Crippen molar-refractivity contribution in [2.75, 3.05) is 24.9 Å². The summed E-state index contributed by atoms with van der Waals surface area (Å²) in [6.07, 6.45) is 5.41. The summed E-state index contributed by atoms with van der Waals surface area (Å²) in [5.41, 5.74) is 17.7. The largest absolute Gasteiger partial charge is 0.508 e. The average molecular weight is 1140 g/mol. The van der Waals surface area contributed by atoms with Crippen molar-refractivity contribution >= 4 is 132 Å². The van der Waals surface area contributed by atoms with Crippen LogP contribution in [0, 0.1) is 0 Å². The first-order valence-corrected chi connectivity index (χ1v) is 26.1. The smallest absolute Gasteiger partial charge is 0.495 e. The molecule has 1 fully saturated rings. The summed E-state index contributed by atoms with van der Waals surface area (Å²) in [4.78, 5) is 70.4. The molecule has 0 radical (unpaired) electrons. The van der Waals surface area contributed by atoms with Gasteiger partial charge in [-0.15, -0.1) is 0 Å². The Hall–Kier alpha value is -8.84. The van der Waals surface area contributed by atoms with Gasteiger partial charge in [0.15, 0.2) is 0 Å². The molecule has 2 aliphatic carbocycles. The van der Waals surface area contributed by atoms with E-state index in [1.807, 2.05) is 114 Å². The lowest BCUT2D eigenvalue weighted by atomic mass is 9.75. The molecule has 8 aromatic rings. The van der Waals surface area contributed by atoms with Gasteiger partial charge in [0.25, 0.3) is 0 Å². The van der Waals surface area contributed by atoms with Crippen molar-refractivity contribution in [3.8, 4) is 22.6 Å². The van der Waals surface area contributed by atoms with Gasteiger partial charge in [-0.05, 0) is 201 Å². The molecular weight excluding hydrogens is 1080 g/mol. The van der Waals surface area contributed by atoms with Crippen LogP contribution in [0.5, 0.6) is 11.5 Å². The third kappa shape index (κ3) is 10.6. The Labute approximate surface area is 469 Å². The Morgan fingerprint density at radius 3 is 1.52 bits per heavy atom. The number of primary amides is 2. The van der Waals surface area contributed by atoms with Gasteiger partial charge in [-0.1, -0.05) is 60.1 Å². The summed E-state index contributed by atoms with van der Waals surface area (Å²) in [5.74, 6) is -0.898. The summed E-state index contributed by atoms with van der Waals surface area (Å²) >= 11 is 3.47. The number of anilines is 2. The molecule has 2 atom stereocenters. The predicted octanol–water partition coefficient (Wildman–Crippen LogP) is 11.8. The molecule has 1 saturated heterocycles. The molecule has 1 aliphatic heterocycles. The Morgan fingerprint density at radius 2 is 1.04 bits per heavy atom. The number of allylic oxidation sites excluding steroid dienone is 2. The number of methoxy groups -OCH3 is 2. The maximum absolute atomic E-state index is 12.8. The van der Waals surface area contributed by atoms with Crippen LogP contribution in [0.25, 0.3) is 66.4 Å². The van der Waals surface area contributed by atoms with E-state index in [1.54, 1.807) is 48.5 Å². The molecule has 406 valence electrons. The van der Waals surface area contributed by atoms with Gasteiger partial charge in [-0.2, -0.15) is 0 Å². The summed E-state index contributed by atoms with van der Waals surface area (Å²) in [5, 5.41) is 32.7. The Balaban J connectivity index is 0.000000153. The van der Waals surface area contributed by atoms with Crippen LogP contribution in [-0.4, -0.2) is 79.3 Å². The minimum absolute atomic E-state index is 0.0696. The number of rotatable bonds is 8. The van der Waals surface area contributed by atoms with Gasteiger partial charge in [0.1, 0.15) is 24.1 Å². The number of halogens is 1. The lowest BCUT2D eigenvalue weighted by molar-refractivity contribution is -0.105. The maximum Gasteiger partial charge on any atom is 0.495 e. The molecule has 11 rings (SSSR count). The molecule has 1 heterocycles. The number of hydrogen-bond acceptors (Lipinski definition) is 12. The van der Waals surface area contributed by atoms with E-state index < -0.39 is 42.3 Å². The summed E-state index contributed by atoms with van der Waals surface area (Å²) < 4.78 is 23.2. The number of phenolic OH excluding ortho intramolecular Hbond substituents is 2. The number of phenols is 2. The lowest BCUT2D eigenvalue weighted by Gasteiger charge is -2.32. The number of carbonyl (C=O) groups excluding carboxylic acids is 6. The van der Waals surface area contributed by atoms with E-state index in [4.69, 9.17) is 30.2 Å². The van der Waals surface area contributed by atoms with Crippen molar-refractivity contribution in [3.63, 3.8) is 0 Å². The number of amides is 4. The number of hydrogen-bond donors (Lipinski definition) is 6. The van der Waals surface area contributed by atoms with Crippen LogP contribution in [0.1, 0.15) is 96.3 Å². The van der Waals surface area contributed by atoms with Gasteiger partial charge >= 0.3 is 31.1 Å². The standard InChI is InChI=1S/C28H22N2O5.C19H23BN2O5.C15H11BrO2/c1-14-20(13-31)9-19-8-18(7-16-4-6-24(32)25(14)26(16)19)22-11-15-3-5-21(30-28(29)34)10-17(15)12-23(22)27(33)35-2;1-18(2)19(3,4)27-20(26-18)15-10-11-6-7-13(22-17(21)24)8-12(11)9-14(15)16(23)25-5;1-8-11(7-17)4-10-6-12(16)5-9-2-3-13(18)14(8)15(9)10/h3-14,32H,1-2H3,(H3,29,30,34);6-10H,1-5H3,(H3,21,22,24);2-8,18H,1H3. The van der Waals surface area contributed by atoms with Crippen LogP contribution in [0.4, 0.5) is 21.0 Å². The number of esters is 2. The molecule has 3 aliphatic rings. The maximum atomic E-state index is 12.8. The number of benzene rings is 8. The van der Waals surface area contributed by atoms with Crippen molar-refractivity contribution in [2.45, 2.75) is 64.6 Å². The minimum Gasteiger partial charge on any atom is -0.508 e. The topological polar surface area (TPSA) is 256 Å². The summed E-state index contributed by atoms with van der Waals surface area (Å²) in [6.45, 7) is 11.6. The summed E-state index contributed by atoms with van der Waals surface area (Å²) in [7, 11) is 1.95. The molecule has 80 heavy (non-hydrogen) atoms. The van der Waals surface area contributed by atoms with Crippen LogP contribution in [0.3, 0.4) is 0 Å². The lowest BCUT2D eigenvalue weighted by Crippen LogP contribution is -2.41. The molecule has 18 heteroatoms. The molecule has 4 amide bonds. The van der Waals surface area contributed by atoms with Crippen LogP contribution in [0.2, 0.25) is 0 Å². The van der Waals surface area contributed by atoms with E-state index >= 15 is 0 Å². The van der Waals surface area contributed by atoms with Crippen LogP contribution in [0.15, 0.2) is 125 Å². The molecule has 2 unspecified atom stereocenters. The quantitative estimate of drug-likeness (QED) is 0.0472. The second kappa shape index (κ2) is 21.8. The van der Waals surface area contributed by atoms with Gasteiger partial charge in [0.2, 0.25) is 0 Å². The highest BCUT2D eigenvalue weighted by Gasteiger charge is 2.52. The normalized spacial score (nSPS) is 16.3. The van der Waals surface area contributed by atoms with E-state index in [1.165, 1.54) is 14.2 Å². The minimum atomic E-state index is -0.697. The Bertz CT molecular complexity index is 4010. The molecule has 8 aromatic carbocycles. The molecule has 0 spiro atoms. The second-order valence-corrected chi connectivity index (χ2v) is 21.6. The van der Waals surface area contributed by atoms with E-state index in [2.05, 4.69) is 26.6 Å². The third-order valence-electron chi connectivity index (χ3n) is 15.2. The number of urea groups is 2. The van der Waals surface area contributed by atoms with Gasteiger partial charge in [-0.25, -0.2) is 19.2 Å². The first-order chi connectivity index (χ1) is 37.9. The first kappa shape index (κ1) is 55.9. The van der Waals surface area contributed by atoms with Crippen molar-refractivity contribution in [3.05, 3.63) is 158 Å². The Morgan fingerprint density at radius 1 is 0.588 bits per heavy atom. The number of ether oxygens (including phenoxy) is 2. The molecule has 0 saturated carbocycles. The zero-order chi connectivity index (χ0) is 57.7. The number of aldehydes is 2. The fourth-order valence-electron chi connectivity index (χ4n) is 10.5. The zero-order valence-electron chi connectivity index (χ0n) is 44.9. The van der Waals surface area contributed by atoms with Gasteiger partial charge < -0.3 is 51.1 Å². The SMILES string of the molecule is CC1C(C=O)=Cc2cc(Br)cc3ccc(O)c1c23.COC(=O)c1cc2cc(NC(N)=O)ccc2cc1-c1cc2c3c(c(O)ccc3c1)C(C)C(C=O)=C2.COC(=O)c1cc2cc(NC(N)=O)ccc2cc1B1OC(C)(C)C(C)(C)O1. The third-order valence-corrected chi connectivity index (χ3v) is 15.7. The number of nitrogens with two attached hydrogens (primary N) is 2. The average Bonchev–Trinajstić information content (AvgIpc) is 3.66. The highest BCUT2D eigenvalue weighted by atomic mass is 79.9. The molecule has 0 bridgehead atoms. The zero-order valence-corrected chi connectivity index (χ0v) is 46.5. The number of nitrogens with one attached hydrogen (secondary N) is 2. The van der Waals surface area contributed by atoms with Crippen molar-refractivity contribution < 1.29 is 57.8 Å². The molecular formula is C62H56BBrN4O12. The van der Waals surface area contributed by atoms with Crippen molar-refractivity contribution in [1.29, 1.82) is 0 Å². The first-order valence-electron chi connectivity index (χ1n) is 25.4. The van der Waals surface area contributed by atoms with E-state index in [9.17, 15) is 39.0 Å². The number of carbonyl (C=O) groups is 6. The highest BCUT2D eigenvalue weighted by Crippen LogP contribution is 2.46. The van der Waals surface area contributed by atoms with Crippen LogP contribution < -0.4 is 27.6 Å². The summed E-state index contributed by atoms with van der Waals surface area (Å²) in [6, 6.07) is 31.3. The van der Waals surface area contributed by atoms with Gasteiger partial charge in [0, 0.05) is 38.8 Å². The monoisotopic (exact) mass is 1140 g/mol. The van der Waals surface area contributed by atoms with E-state index in [-0.39, 0.29) is 23.3 Å². The van der Waals surface area contributed by atoms with Crippen molar-refractivity contribution in [1.82, 2.24) is 0 Å². The number of aromatic hydroxyl groups is 2. The van der Waals surface area contributed by atoms with Crippen LogP contribution >= 0.6 is 15.9 Å². The van der Waals surface area contributed by atoms with Gasteiger partial charge in [-0.3, -0.25) is 9.59 Å². The van der Waals surface area contributed by atoms with Crippen LogP contribution in [-0.2, 0) is 28.4 Å². The molecule has 8 N–H and O–H groups in total.